The summed E-state index contributed by atoms with van der Waals surface area (Å²) in [7, 11) is 0. The third kappa shape index (κ3) is 4.67. The van der Waals surface area contributed by atoms with Crippen LogP contribution in [0.25, 0.3) is 33.8 Å². The van der Waals surface area contributed by atoms with Crippen molar-refractivity contribution in [1.82, 2.24) is 30.2 Å². The zero-order valence-electron chi connectivity index (χ0n) is 18.6. The van der Waals surface area contributed by atoms with Crippen LogP contribution in [0.3, 0.4) is 0 Å². The second-order valence-electron chi connectivity index (χ2n) is 8.28. The van der Waals surface area contributed by atoms with Crippen LogP contribution in [0.4, 0.5) is 19.0 Å². The number of fused-ring (bicyclic) bond motifs is 1. The average Bonchev–Trinajstić information content (AvgIpc) is 3.08. The van der Waals surface area contributed by atoms with Crippen LogP contribution in [0.15, 0.2) is 48.7 Å². The van der Waals surface area contributed by atoms with Crippen molar-refractivity contribution in [3.8, 4) is 22.8 Å². The number of halogens is 3. The SMILES string of the molecule is Nc1ncc(-c2ccc(C(=O)N3CCCNCC3)cc2)nc1-c1nc2ccc(C(F)(F)F)cc2[nH]1. The van der Waals surface area contributed by atoms with Crippen LogP contribution >= 0.6 is 0 Å². The van der Waals surface area contributed by atoms with Crippen molar-refractivity contribution >= 4 is 22.8 Å². The minimum Gasteiger partial charge on any atom is -0.382 e. The summed E-state index contributed by atoms with van der Waals surface area (Å²) in [6.07, 6.45) is -2.05. The van der Waals surface area contributed by atoms with Gasteiger partial charge in [-0.25, -0.2) is 15.0 Å². The molecule has 4 N–H and O–H groups in total. The lowest BCUT2D eigenvalue weighted by molar-refractivity contribution is -0.137. The number of hydrogen-bond donors (Lipinski definition) is 3. The lowest BCUT2D eigenvalue weighted by Crippen LogP contribution is -2.34. The van der Waals surface area contributed by atoms with Gasteiger partial charge in [-0.1, -0.05) is 12.1 Å². The van der Waals surface area contributed by atoms with Crippen LogP contribution in [0.2, 0.25) is 0 Å². The molecule has 180 valence electrons. The minimum absolute atomic E-state index is 0.0233. The van der Waals surface area contributed by atoms with Gasteiger partial charge in [-0.2, -0.15) is 13.2 Å². The van der Waals surface area contributed by atoms with Crippen LogP contribution in [0.1, 0.15) is 22.3 Å². The predicted molar refractivity (Wildman–Crippen MR) is 125 cm³/mol. The number of aromatic nitrogens is 4. The van der Waals surface area contributed by atoms with Gasteiger partial charge in [0.15, 0.2) is 11.6 Å². The number of amides is 1. The third-order valence-corrected chi connectivity index (χ3v) is 5.89. The molecule has 35 heavy (non-hydrogen) atoms. The molecule has 4 aromatic rings. The molecule has 0 saturated carbocycles. The Kier molecular flexibility index (Phi) is 5.85. The third-order valence-electron chi connectivity index (χ3n) is 5.89. The number of rotatable bonds is 3. The minimum atomic E-state index is -4.46. The van der Waals surface area contributed by atoms with Gasteiger partial charge in [0.25, 0.3) is 5.91 Å². The van der Waals surface area contributed by atoms with E-state index < -0.39 is 11.7 Å². The maximum absolute atomic E-state index is 13.0. The summed E-state index contributed by atoms with van der Waals surface area (Å²) >= 11 is 0. The molecule has 2 aromatic carbocycles. The number of nitrogens with one attached hydrogen (secondary N) is 2. The molecule has 1 aliphatic rings. The van der Waals surface area contributed by atoms with E-state index in [2.05, 4.69) is 25.3 Å². The molecule has 3 heterocycles. The number of aromatic amines is 1. The lowest BCUT2D eigenvalue weighted by atomic mass is 10.1. The zero-order valence-corrected chi connectivity index (χ0v) is 18.6. The fourth-order valence-corrected chi connectivity index (χ4v) is 4.02. The molecule has 8 nitrogen and oxygen atoms in total. The van der Waals surface area contributed by atoms with Crippen LogP contribution in [-0.4, -0.2) is 56.9 Å². The fourth-order valence-electron chi connectivity index (χ4n) is 4.02. The van der Waals surface area contributed by atoms with E-state index in [1.54, 1.807) is 24.3 Å². The highest BCUT2D eigenvalue weighted by Crippen LogP contribution is 2.32. The number of alkyl halides is 3. The summed E-state index contributed by atoms with van der Waals surface area (Å²) in [5, 5.41) is 3.28. The maximum atomic E-state index is 13.0. The van der Waals surface area contributed by atoms with Crippen molar-refractivity contribution in [1.29, 1.82) is 0 Å². The molecule has 1 saturated heterocycles. The van der Waals surface area contributed by atoms with Crippen molar-refractivity contribution in [2.24, 2.45) is 0 Å². The Hall–Kier alpha value is -3.99. The smallest absolute Gasteiger partial charge is 0.382 e. The van der Waals surface area contributed by atoms with Gasteiger partial charge in [0.05, 0.1) is 28.5 Å². The van der Waals surface area contributed by atoms with Gasteiger partial charge in [0, 0.05) is 30.8 Å². The first-order valence-corrected chi connectivity index (χ1v) is 11.1. The largest absolute Gasteiger partial charge is 0.416 e. The van der Waals surface area contributed by atoms with Crippen LogP contribution in [0, 0.1) is 0 Å². The number of benzene rings is 2. The van der Waals surface area contributed by atoms with E-state index in [9.17, 15) is 18.0 Å². The molecule has 1 fully saturated rings. The zero-order chi connectivity index (χ0) is 24.6. The van der Waals surface area contributed by atoms with Crippen molar-refractivity contribution < 1.29 is 18.0 Å². The molecular weight excluding hydrogens is 459 g/mol. The summed E-state index contributed by atoms with van der Waals surface area (Å²) in [6, 6.07) is 10.3. The summed E-state index contributed by atoms with van der Waals surface area (Å²) < 4.78 is 39.1. The molecule has 0 atom stereocenters. The fraction of sp³-hybridized carbons (Fsp3) is 0.250. The Labute approximate surface area is 198 Å². The van der Waals surface area contributed by atoms with Crippen molar-refractivity contribution in [3.63, 3.8) is 0 Å². The molecular formula is C24H22F3N7O. The van der Waals surface area contributed by atoms with Gasteiger partial charge >= 0.3 is 6.18 Å². The number of H-pyrrole nitrogens is 1. The molecule has 0 radical (unpaired) electrons. The number of nitrogen functional groups attached to an aromatic ring is 1. The first-order valence-electron chi connectivity index (χ1n) is 11.1. The number of carbonyl (C=O) groups excluding carboxylic acids is 1. The van der Waals surface area contributed by atoms with E-state index in [0.717, 1.165) is 31.6 Å². The van der Waals surface area contributed by atoms with E-state index in [-0.39, 0.29) is 28.8 Å². The Balaban J connectivity index is 1.43. The second kappa shape index (κ2) is 8.99. The van der Waals surface area contributed by atoms with Gasteiger partial charge in [0.2, 0.25) is 0 Å². The number of anilines is 1. The van der Waals surface area contributed by atoms with E-state index in [1.165, 1.54) is 12.3 Å². The molecule has 0 spiro atoms. The number of hydrogen-bond acceptors (Lipinski definition) is 6. The molecule has 1 aliphatic heterocycles. The summed E-state index contributed by atoms with van der Waals surface area (Å²) in [5.41, 5.74) is 7.81. The summed E-state index contributed by atoms with van der Waals surface area (Å²) in [4.78, 5) is 30.6. The quantitative estimate of drug-likeness (QED) is 0.411. The molecule has 11 heteroatoms. The molecule has 1 amide bonds. The number of carbonyl (C=O) groups is 1. The Morgan fingerprint density at radius 1 is 1.03 bits per heavy atom. The van der Waals surface area contributed by atoms with Crippen molar-refractivity contribution in [3.05, 3.63) is 59.8 Å². The molecule has 0 bridgehead atoms. The predicted octanol–water partition coefficient (Wildman–Crippen LogP) is 3.72. The normalized spacial score (nSPS) is 14.8. The Morgan fingerprint density at radius 2 is 1.83 bits per heavy atom. The highest BCUT2D eigenvalue weighted by atomic mass is 19.4. The molecule has 0 aliphatic carbocycles. The Bertz CT molecular complexity index is 1370. The van der Waals surface area contributed by atoms with Crippen molar-refractivity contribution in [2.45, 2.75) is 12.6 Å². The maximum Gasteiger partial charge on any atom is 0.416 e. The number of nitrogens with zero attached hydrogens (tertiary/aromatic N) is 4. The van der Waals surface area contributed by atoms with Crippen LogP contribution < -0.4 is 11.1 Å². The van der Waals surface area contributed by atoms with Crippen LogP contribution in [-0.2, 0) is 6.18 Å². The van der Waals surface area contributed by atoms with Crippen LogP contribution in [0.5, 0.6) is 0 Å². The van der Waals surface area contributed by atoms with E-state index in [0.29, 0.717) is 35.4 Å². The summed E-state index contributed by atoms with van der Waals surface area (Å²) in [6.45, 7) is 3.04. The van der Waals surface area contributed by atoms with Gasteiger partial charge in [-0.05, 0) is 43.3 Å². The lowest BCUT2D eigenvalue weighted by Gasteiger charge is -2.20. The standard InChI is InChI=1S/C24H22F3N7O/c25-24(26,27)16-6-7-17-18(12-16)33-22(32-17)20-21(28)30-13-19(31-20)14-2-4-15(5-3-14)23(35)34-10-1-8-29-9-11-34/h2-7,12-13,29H,1,8-11H2,(H2,28,30)(H,32,33). The number of nitrogens with two attached hydrogens (primary N) is 1. The Morgan fingerprint density at radius 3 is 2.60 bits per heavy atom. The first-order chi connectivity index (χ1) is 16.8. The topological polar surface area (TPSA) is 113 Å². The van der Waals surface area contributed by atoms with Gasteiger partial charge < -0.3 is 20.9 Å². The van der Waals surface area contributed by atoms with E-state index in [1.807, 2.05) is 4.90 Å². The average molecular weight is 481 g/mol. The highest BCUT2D eigenvalue weighted by molar-refractivity contribution is 5.94. The monoisotopic (exact) mass is 481 g/mol. The van der Waals surface area contributed by atoms with Gasteiger partial charge in [-0.15, -0.1) is 0 Å². The molecule has 5 rings (SSSR count). The molecule has 0 unspecified atom stereocenters. The van der Waals surface area contributed by atoms with Gasteiger partial charge in [0.1, 0.15) is 5.69 Å². The van der Waals surface area contributed by atoms with Crippen molar-refractivity contribution in [2.75, 3.05) is 31.9 Å². The number of imidazole rings is 1. The second-order valence-corrected chi connectivity index (χ2v) is 8.28. The van der Waals surface area contributed by atoms with E-state index >= 15 is 0 Å². The highest BCUT2D eigenvalue weighted by Gasteiger charge is 2.31. The summed E-state index contributed by atoms with van der Waals surface area (Å²) in [5.74, 6) is 0.281. The molecule has 2 aromatic heterocycles. The first kappa shape index (κ1) is 22.8. The van der Waals surface area contributed by atoms with E-state index in [4.69, 9.17) is 5.73 Å². The van der Waals surface area contributed by atoms with Gasteiger partial charge in [-0.3, -0.25) is 4.79 Å².